The predicted molar refractivity (Wildman–Crippen MR) is 70.0 cm³/mol. The van der Waals surface area contributed by atoms with Crippen LogP contribution in [0.5, 0.6) is 0 Å². The van der Waals surface area contributed by atoms with Gasteiger partial charge in [0.1, 0.15) is 0 Å². The third-order valence-corrected chi connectivity index (χ3v) is 3.56. The lowest BCUT2D eigenvalue weighted by Gasteiger charge is -2.35. The van der Waals surface area contributed by atoms with Crippen LogP contribution >= 0.6 is 0 Å². The number of alkyl halides is 3. The second-order valence-corrected chi connectivity index (χ2v) is 5.43. The molecule has 6 heteroatoms. The zero-order valence-electron chi connectivity index (χ0n) is 11.1. The van der Waals surface area contributed by atoms with E-state index in [0.29, 0.717) is 5.56 Å². The van der Waals surface area contributed by atoms with E-state index >= 15 is 0 Å². The van der Waals surface area contributed by atoms with E-state index in [1.807, 2.05) is 0 Å². The molecule has 0 heterocycles. The first-order valence-electron chi connectivity index (χ1n) is 6.60. The number of nitrogens with two attached hydrogens (primary N) is 1. The van der Waals surface area contributed by atoms with E-state index in [9.17, 15) is 18.3 Å². The van der Waals surface area contributed by atoms with Crippen molar-refractivity contribution in [3.05, 3.63) is 35.9 Å². The Morgan fingerprint density at radius 1 is 1.15 bits per heavy atom. The SMILES string of the molecule is NC(CO)(CN(CC(F)(F)F)C1CC1)c1ccccc1. The Kier molecular flexibility index (Phi) is 4.36. The number of benzene rings is 1. The van der Waals surface area contributed by atoms with E-state index in [1.54, 1.807) is 30.3 Å². The van der Waals surface area contributed by atoms with Gasteiger partial charge in [-0.25, -0.2) is 0 Å². The average molecular weight is 288 g/mol. The van der Waals surface area contributed by atoms with Gasteiger partial charge in [-0.2, -0.15) is 13.2 Å². The van der Waals surface area contributed by atoms with Gasteiger partial charge in [0.25, 0.3) is 0 Å². The van der Waals surface area contributed by atoms with Gasteiger partial charge in [0, 0.05) is 12.6 Å². The first kappa shape index (κ1) is 15.3. The summed E-state index contributed by atoms with van der Waals surface area (Å²) in [5, 5.41) is 9.56. The fraction of sp³-hybridized carbons (Fsp3) is 0.571. The van der Waals surface area contributed by atoms with Crippen LogP contribution in [0.4, 0.5) is 13.2 Å². The first-order valence-corrected chi connectivity index (χ1v) is 6.60. The van der Waals surface area contributed by atoms with Crippen molar-refractivity contribution in [3.63, 3.8) is 0 Å². The van der Waals surface area contributed by atoms with Gasteiger partial charge in [-0.15, -0.1) is 0 Å². The molecule has 0 amide bonds. The van der Waals surface area contributed by atoms with Crippen LogP contribution in [0.3, 0.4) is 0 Å². The molecule has 0 aliphatic heterocycles. The molecule has 3 nitrogen and oxygen atoms in total. The van der Waals surface area contributed by atoms with Crippen LogP contribution in [0, 0.1) is 0 Å². The highest BCUT2D eigenvalue weighted by molar-refractivity contribution is 5.25. The van der Waals surface area contributed by atoms with Crippen LogP contribution in [-0.4, -0.2) is 41.9 Å². The molecular weight excluding hydrogens is 269 g/mol. The Balaban J connectivity index is 2.14. The Labute approximate surface area is 116 Å². The van der Waals surface area contributed by atoms with Crippen molar-refractivity contribution in [1.29, 1.82) is 0 Å². The summed E-state index contributed by atoms with van der Waals surface area (Å²) < 4.78 is 37.9. The molecule has 1 aromatic rings. The number of halogens is 3. The molecule has 0 radical (unpaired) electrons. The van der Waals surface area contributed by atoms with Gasteiger partial charge in [-0.3, -0.25) is 4.90 Å². The highest BCUT2D eigenvalue weighted by Crippen LogP contribution is 2.32. The maximum atomic E-state index is 12.6. The number of hydrogen-bond acceptors (Lipinski definition) is 3. The summed E-state index contributed by atoms with van der Waals surface area (Å²) in [7, 11) is 0. The summed E-state index contributed by atoms with van der Waals surface area (Å²) >= 11 is 0. The number of hydrogen-bond donors (Lipinski definition) is 2. The van der Waals surface area contributed by atoms with Crippen LogP contribution in [0.1, 0.15) is 18.4 Å². The summed E-state index contributed by atoms with van der Waals surface area (Å²) in [5.74, 6) is 0. The van der Waals surface area contributed by atoms with E-state index in [-0.39, 0.29) is 12.6 Å². The highest BCUT2D eigenvalue weighted by atomic mass is 19.4. The zero-order valence-corrected chi connectivity index (χ0v) is 11.1. The second-order valence-electron chi connectivity index (χ2n) is 5.43. The lowest BCUT2D eigenvalue weighted by molar-refractivity contribution is -0.149. The summed E-state index contributed by atoms with van der Waals surface area (Å²) in [5.41, 5.74) is 5.62. The topological polar surface area (TPSA) is 49.5 Å². The molecule has 0 aromatic heterocycles. The molecular formula is C14H19F3N2O. The van der Waals surface area contributed by atoms with Crippen molar-refractivity contribution in [2.24, 2.45) is 5.73 Å². The van der Waals surface area contributed by atoms with Gasteiger partial charge < -0.3 is 10.8 Å². The molecule has 1 aromatic carbocycles. The largest absolute Gasteiger partial charge is 0.401 e. The number of aliphatic hydroxyl groups excluding tert-OH is 1. The summed E-state index contributed by atoms with van der Waals surface area (Å²) in [4.78, 5) is 1.34. The molecule has 112 valence electrons. The Bertz CT molecular complexity index is 434. The molecule has 0 spiro atoms. The van der Waals surface area contributed by atoms with E-state index in [1.165, 1.54) is 4.90 Å². The monoisotopic (exact) mass is 288 g/mol. The Hall–Kier alpha value is -1.11. The standard InChI is InChI=1S/C14H19F3N2O/c15-14(16,17)9-19(12-6-7-12)8-13(18,10-20)11-4-2-1-3-5-11/h1-5,12,20H,6-10,18H2. The van der Waals surface area contributed by atoms with Crippen LogP contribution in [0.15, 0.2) is 30.3 Å². The molecule has 2 rings (SSSR count). The molecule has 3 N–H and O–H groups in total. The van der Waals surface area contributed by atoms with Crippen molar-refractivity contribution in [1.82, 2.24) is 4.90 Å². The molecule has 1 aliphatic carbocycles. The minimum atomic E-state index is -4.25. The molecule has 1 aliphatic rings. The normalized spacial score (nSPS) is 19.1. The molecule has 1 unspecified atom stereocenters. The van der Waals surface area contributed by atoms with Crippen LogP contribution in [-0.2, 0) is 5.54 Å². The first-order chi connectivity index (χ1) is 9.34. The molecule has 0 bridgehead atoms. The quantitative estimate of drug-likeness (QED) is 0.840. The number of rotatable bonds is 6. The Morgan fingerprint density at radius 3 is 2.20 bits per heavy atom. The minimum absolute atomic E-state index is 0.00229. The van der Waals surface area contributed by atoms with E-state index in [2.05, 4.69) is 0 Å². The van der Waals surface area contributed by atoms with Crippen LogP contribution in [0.2, 0.25) is 0 Å². The third kappa shape index (κ3) is 3.94. The highest BCUT2D eigenvalue weighted by Gasteiger charge is 2.41. The van der Waals surface area contributed by atoms with Crippen molar-refractivity contribution in [2.75, 3.05) is 19.7 Å². The molecule has 1 fully saturated rings. The van der Waals surface area contributed by atoms with Gasteiger partial charge in [0.05, 0.1) is 18.7 Å². The third-order valence-electron chi connectivity index (χ3n) is 3.56. The average Bonchev–Trinajstić information content (AvgIpc) is 3.21. The van der Waals surface area contributed by atoms with E-state index in [4.69, 9.17) is 5.73 Å². The molecule has 1 atom stereocenters. The maximum Gasteiger partial charge on any atom is 0.401 e. The maximum absolute atomic E-state index is 12.6. The zero-order chi connectivity index (χ0) is 14.8. The molecule has 1 saturated carbocycles. The predicted octanol–water partition coefficient (Wildman–Crippen LogP) is 1.86. The fourth-order valence-corrected chi connectivity index (χ4v) is 2.35. The lowest BCUT2D eigenvalue weighted by Crippen LogP contribution is -2.52. The minimum Gasteiger partial charge on any atom is -0.394 e. The lowest BCUT2D eigenvalue weighted by atomic mass is 9.91. The van der Waals surface area contributed by atoms with Gasteiger partial charge >= 0.3 is 6.18 Å². The second kappa shape index (κ2) is 5.71. The van der Waals surface area contributed by atoms with Crippen LogP contribution in [0.25, 0.3) is 0 Å². The summed E-state index contributed by atoms with van der Waals surface area (Å²) in [6, 6.07) is 8.71. The molecule has 20 heavy (non-hydrogen) atoms. The van der Waals surface area contributed by atoms with Gasteiger partial charge in [-0.1, -0.05) is 30.3 Å². The fourth-order valence-electron chi connectivity index (χ4n) is 2.35. The van der Waals surface area contributed by atoms with Crippen molar-refractivity contribution >= 4 is 0 Å². The number of nitrogens with zero attached hydrogens (tertiary/aromatic N) is 1. The van der Waals surface area contributed by atoms with E-state index in [0.717, 1.165) is 12.8 Å². The van der Waals surface area contributed by atoms with Crippen molar-refractivity contribution in [2.45, 2.75) is 30.6 Å². The Morgan fingerprint density at radius 2 is 1.75 bits per heavy atom. The summed E-state index contributed by atoms with van der Waals surface area (Å²) in [6.45, 7) is -1.38. The van der Waals surface area contributed by atoms with Gasteiger partial charge in [-0.05, 0) is 18.4 Å². The van der Waals surface area contributed by atoms with Crippen LogP contribution < -0.4 is 5.73 Å². The van der Waals surface area contributed by atoms with Gasteiger partial charge in [0.15, 0.2) is 0 Å². The molecule has 0 saturated heterocycles. The smallest absolute Gasteiger partial charge is 0.394 e. The van der Waals surface area contributed by atoms with E-state index < -0.39 is 24.9 Å². The van der Waals surface area contributed by atoms with Gasteiger partial charge in [0.2, 0.25) is 0 Å². The van der Waals surface area contributed by atoms with Crippen molar-refractivity contribution in [3.8, 4) is 0 Å². The van der Waals surface area contributed by atoms with Crippen molar-refractivity contribution < 1.29 is 18.3 Å². The summed E-state index contributed by atoms with van der Waals surface area (Å²) in [6.07, 6.45) is -2.74. The number of aliphatic hydroxyl groups is 1.